The van der Waals surface area contributed by atoms with E-state index in [1.165, 1.54) is 16.2 Å². The maximum absolute atomic E-state index is 6.68. The summed E-state index contributed by atoms with van der Waals surface area (Å²) in [4.78, 5) is 15.3. The van der Waals surface area contributed by atoms with Crippen molar-refractivity contribution in [1.82, 2.24) is 15.0 Å². The van der Waals surface area contributed by atoms with Crippen LogP contribution in [0.1, 0.15) is 17.3 Å². The average Bonchev–Trinajstić information content (AvgIpc) is 3.79. The molecule has 2 atom stereocenters. The van der Waals surface area contributed by atoms with E-state index >= 15 is 0 Å². The molecule has 7 aromatic carbocycles. The van der Waals surface area contributed by atoms with Gasteiger partial charge in [-0.2, -0.15) is 0 Å². The third-order valence-electron chi connectivity index (χ3n) is 10.5. The third kappa shape index (κ3) is 4.53. The minimum atomic E-state index is -0.179. The van der Waals surface area contributed by atoms with E-state index in [0.717, 1.165) is 66.5 Å². The molecule has 0 fully saturated rings. The second-order valence-corrected chi connectivity index (χ2v) is 13.5. The number of allylic oxidation sites excluding steroid dienone is 2. The highest BCUT2D eigenvalue weighted by Crippen LogP contribution is 2.49. The zero-order valence-electron chi connectivity index (χ0n) is 27.9. The molecule has 0 bridgehead atoms. The van der Waals surface area contributed by atoms with E-state index in [4.69, 9.17) is 24.1 Å². The predicted octanol–water partition coefficient (Wildman–Crippen LogP) is 11.6. The van der Waals surface area contributed by atoms with Crippen molar-refractivity contribution in [1.29, 1.82) is 0 Å². The fourth-order valence-electron chi connectivity index (χ4n) is 8.01. The van der Waals surface area contributed by atoms with Crippen LogP contribution in [0.4, 0.5) is 0 Å². The fraction of sp³-hybridized carbons (Fsp3) is 0.0426. The van der Waals surface area contributed by atoms with Crippen LogP contribution in [0.3, 0.4) is 0 Å². The monoisotopic (exact) mass is 667 g/mol. The number of nitrogens with zero attached hydrogens (tertiary/aromatic N) is 3. The van der Waals surface area contributed by atoms with E-state index in [1.54, 1.807) is 0 Å². The summed E-state index contributed by atoms with van der Waals surface area (Å²) >= 11 is 0. The molecule has 0 saturated carbocycles. The molecule has 0 spiro atoms. The summed E-state index contributed by atoms with van der Waals surface area (Å²) in [5.74, 6) is 2.71. The number of hydrogen-bond acceptors (Lipinski definition) is 5. The summed E-state index contributed by atoms with van der Waals surface area (Å²) in [6, 6.07) is 50.5. The average molecular weight is 668 g/mol. The van der Waals surface area contributed by atoms with Gasteiger partial charge >= 0.3 is 0 Å². The fourth-order valence-corrected chi connectivity index (χ4v) is 8.01. The van der Waals surface area contributed by atoms with E-state index in [2.05, 4.69) is 121 Å². The summed E-state index contributed by atoms with van der Waals surface area (Å²) in [7, 11) is 0. The highest BCUT2D eigenvalue weighted by molar-refractivity contribution is 6.10. The molecule has 244 valence electrons. The van der Waals surface area contributed by atoms with E-state index in [9.17, 15) is 0 Å². The second kappa shape index (κ2) is 11.3. The van der Waals surface area contributed by atoms with Crippen LogP contribution < -0.4 is 4.74 Å². The Morgan fingerprint density at radius 1 is 0.500 bits per heavy atom. The molecule has 1 aliphatic heterocycles. The Bertz CT molecular complexity index is 2960. The van der Waals surface area contributed by atoms with Crippen LogP contribution in [0.25, 0.3) is 83.0 Å². The van der Waals surface area contributed by atoms with Crippen LogP contribution in [-0.2, 0) is 0 Å². The summed E-state index contributed by atoms with van der Waals surface area (Å²) in [5.41, 5.74) is 7.86. The lowest BCUT2D eigenvalue weighted by molar-refractivity contribution is 0.271. The Balaban J connectivity index is 1.02. The standard InChI is InChI=1S/C47H29N3O2/c1-2-11-29(12-3-1)45-48-46(32-23-24-34-30(26-32)21-20-28-10-4-5-13-33(28)34)50-47(49-45)39-17-9-19-41-43(39)38-25-22-31(27-42(38)51-41)35-15-8-16-37-36-14-6-7-18-40(36)52-44(35)37/h1-27,41,43H. The molecule has 0 amide bonds. The van der Waals surface area contributed by atoms with Crippen LogP contribution in [-0.4, -0.2) is 21.1 Å². The molecule has 5 heteroatoms. The van der Waals surface area contributed by atoms with Gasteiger partial charge in [0.05, 0.1) is 5.92 Å². The zero-order valence-corrected chi connectivity index (χ0v) is 27.9. The predicted molar refractivity (Wildman–Crippen MR) is 209 cm³/mol. The maximum atomic E-state index is 6.68. The lowest BCUT2D eigenvalue weighted by Crippen LogP contribution is -2.20. The Morgan fingerprint density at radius 3 is 2.15 bits per heavy atom. The molecule has 9 aromatic rings. The van der Waals surface area contributed by atoms with E-state index in [-0.39, 0.29) is 12.0 Å². The molecule has 11 rings (SSSR count). The van der Waals surface area contributed by atoms with Gasteiger partial charge in [-0.15, -0.1) is 0 Å². The second-order valence-electron chi connectivity index (χ2n) is 13.5. The Hall–Kier alpha value is -6.85. The quantitative estimate of drug-likeness (QED) is 0.175. The number of aromatic nitrogens is 3. The minimum absolute atomic E-state index is 0.0714. The van der Waals surface area contributed by atoms with Crippen LogP contribution in [0.5, 0.6) is 5.75 Å². The number of benzene rings is 7. The van der Waals surface area contributed by atoms with E-state index < -0.39 is 0 Å². The number of rotatable bonds is 4. The normalized spacial score (nSPS) is 16.3. The first-order valence-corrected chi connectivity index (χ1v) is 17.6. The van der Waals surface area contributed by atoms with Gasteiger partial charge in [-0.25, -0.2) is 15.0 Å². The van der Waals surface area contributed by atoms with Crippen molar-refractivity contribution < 1.29 is 9.15 Å². The number of para-hydroxylation sites is 2. The third-order valence-corrected chi connectivity index (χ3v) is 10.5. The molecular weight excluding hydrogens is 639 g/mol. The molecule has 1 aliphatic carbocycles. The molecule has 3 heterocycles. The van der Waals surface area contributed by atoms with Gasteiger partial charge in [0.1, 0.15) is 23.0 Å². The van der Waals surface area contributed by atoms with Crippen molar-refractivity contribution in [2.45, 2.75) is 12.0 Å². The van der Waals surface area contributed by atoms with Crippen molar-refractivity contribution >= 4 is 49.1 Å². The van der Waals surface area contributed by atoms with Gasteiger partial charge < -0.3 is 9.15 Å². The first-order valence-electron chi connectivity index (χ1n) is 17.6. The van der Waals surface area contributed by atoms with Gasteiger partial charge in [0.15, 0.2) is 17.5 Å². The zero-order chi connectivity index (χ0) is 34.2. The summed E-state index contributed by atoms with van der Waals surface area (Å²) in [6.45, 7) is 0. The number of fused-ring (bicyclic) bond motifs is 9. The smallest absolute Gasteiger partial charge is 0.164 e. The molecule has 0 N–H and O–H groups in total. The van der Waals surface area contributed by atoms with Crippen molar-refractivity contribution in [3.63, 3.8) is 0 Å². The van der Waals surface area contributed by atoms with Crippen molar-refractivity contribution in [3.8, 4) is 39.7 Å². The van der Waals surface area contributed by atoms with E-state index in [0.29, 0.717) is 17.5 Å². The summed E-state index contributed by atoms with van der Waals surface area (Å²) < 4.78 is 13.1. The van der Waals surface area contributed by atoms with Crippen LogP contribution >= 0.6 is 0 Å². The molecule has 2 unspecified atom stereocenters. The summed E-state index contributed by atoms with van der Waals surface area (Å²) in [6.07, 6.45) is 6.14. The first-order chi connectivity index (χ1) is 25.7. The number of ether oxygens (including phenoxy) is 1. The molecule has 0 saturated heterocycles. The molecule has 2 aliphatic rings. The van der Waals surface area contributed by atoms with Gasteiger partial charge in [-0.05, 0) is 51.4 Å². The minimum Gasteiger partial charge on any atom is -0.485 e. The highest BCUT2D eigenvalue weighted by atomic mass is 16.5. The van der Waals surface area contributed by atoms with Gasteiger partial charge in [0, 0.05) is 38.6 Å². The maximum Gasteiger partial charge on any atom is 0.164 e. The van der Waals surface area contributed by atoms with Gasteiger partial charge in [-0.1, -0.05) is 140 Å². The van der Waals surface area contributed by atoms with Crippen LogP contribution in [0, 0.1) is 0 Å². The molecule has 5 nitrogen and oxygen atoms in total. The Morgan fingerprint density at radius 2 is 1.23 bits per heavy atom. The first kappa shape index (κ1) is 28.9. The molecule has 2 aromatic heterocycles. The Labute approximate surface area is 299 Å². The number of furan rings is 1. The Kier molecular flexibility index (Phi) is 6.31. The lowest BCUT2D eigenvalue weighted by atomic mass is 9.83. The highest BCUT2D eigenvalue weighted by Gasteiger charge is 2.39. The molecule has 0 radical (unpaired) electrons. The SMILES string of the molecule is C1=CC2Oc3cc(-c4cccc5c4oc4ccccc45)ccc3C2C(c2nc(-c3ccccc3)nc(-c3ccc4c(ccc5ccccc54)c3)n2)=C1. The van der Waals surface area contributed by atoms with Gasteiger partial charge in [0.25, 0.3) is 0 Å². The van der Waals surface area contributed by atoms with Crippen molar-refractivity contribution in [2.75, 3.05) is 0 Å². The molecule has 52 heavy (non-hydrogen) atoms. The summed E-state index contributed by atoms with van der Waals surface area (Å²) in [5, 5.41) is 7.03. The van der Waals surface area contributed by atoms with Crippen LogP contribution in [0.2, 0.25) is 0 Å². The molecular formula is C47H29N3O2. The van der Waals surface area contributed by atoms with Gasteiger partial charge in [0.2, 0.25) is 0 Å². The van der Waals surface area contributed by atoms with Crippen molar-refractivity contribution in [3.05, 3.63) is 175 Å². The van der Waals surface area contributed by atoms with E-state index in [1.807, 2.05) is 42.5 Å². The largest absolute Gasteiger partial charge is 0.485 e. The van der Waals surface area contributed by atoms with Gasteiger partial charge in [-0.3, -0.25) is 0 Å². The lowest BCUT2D eigenvalue weighted by Gasteiger charge is -2.22. The van der Waals surface area contributed by atoms with Crippen molar-refractivity contribution in [2.24, 2.45) is 0 Å². The van der Waals surface area contributed by atoms with Crippen LogP contribution in [0.15, 0.2) is 168 Å². The number of hydrogen-bond donors (Lipinski definition) is 0. The topological polar surface area (TPSA) is 61.0 Å².